The highest BCUT2D eigenvalue weighted by Crippen LogP contribution is 2.34. The molecule has 1 saturated heterocycles. The number of amides is 2. The third-order valence-corrected chi connectivity index (χ3v) is 5.99. The van der Waals surface area contributed by atoms with Crippen LogP contribution in [-0.2, 0) is 14.4 Å². The van der Waals surface area contributed by atoms with Crippen molar-refractivity contribution in [2.45, 2.75) is 39.0 Å². The molecular formula is C22H28N2O6S2. The van der Waals surface area contributed by atoms with Crippen LogP contribution in [0.3, 0.4) is 0 Å². The van der Waals surface area contributed by atoms with Crippen LogP contribution in [-0.4, -0.2) is 58.9 Å². The number of ether oxygens (including phenoxy) is 2. The van der Waals surface area contributed by atoms with Crippen molar-refractivity contribution < 1.29 is 29.0 Å². The molecule has 0 bridgehead atoms. The highest BCUT2D eigenvalue weighted by atomic mass is 32.2. The third-order valence-electron chi connectivity index (χ3n) is 4.61. The van der Waals surface area contributed by atoms with Crippen molar-refractivity contribution in [2.75, 3.05) is 26.8 Å². The van der Waals surface area contributed by atoms with E-state index in [0.717, 1.165) is 12.0 Å². The Morgan fingerprint density at radius 2 is 2.00 bits per heavy atom. The summed E-state index contributed by atoms with van der Waals surface area (Å²) in [5.74, 6) is 0.00313. The minimum atomic E-state index is -0.812. The Kier molecular flexibility index (Phi) is 10.5. The lowest BCUT2D eigenvalue weighted by molar-refractivity contribution is -0.137. The molecule has 2 rings (SSSR count). The number of carboxylic acids is 1. The van der Waals surface area contributed by atoms with Gasteiger partial charge in [-0.25, -0.2) is 0 Å². The molecule has 1 fully saturated rings. The lowest BCUT2D eigenvalue weighted by atomic mass is 10.2. The lowest BCUT2D eigenvalue weighted by Gasteiger charge is -2.14. The van der Waals surface area contributed by atoms with Gasteiger partial charge in [-0.3, -0.25) is 19.3 Å². The summed E-state index contributed by atoms with van der Waals surface area (Å²) >= 11 is 6.53. The van der Waals surface area contributed by atoms with E-state index in [1.807, 2.05) is 13.0 Å². The third kappa shape index (κ3) is 7.83. The van der Waals surface area contributed by atoms with Crippen LogP contribution < -0.4 is 14.8 Å². The van der Waals surface area contributed by atoms with Gasteiger partial charge in [0.2, 0.25) is 5.91 Å². The smallest absolute Gasteiger partial charge is 0.303 e. The summed E-state index contributed by atoms with van der Waals surface area (Å²) in [4.78, 5) is 37.2. The number of aliphatic carboxylic acids is 1. The number of unbranched alkanes of at least 4 members (excludes halogenated alkanes) is 2. The van der Waals surface area contributed by atoms with Crippen LogP contribution in [0.25, 0.3) is 6.08 Å². The maximum absolute atomic E-state index is 12.8. The fourth-order valence-electron chi connectivity index (χ4n) is 3.00. The van der Waals surface area contributed by atoms with Gasteiger partial charge in [0.1, 0.15) is 4.32 Å². The molecule has 0 spiro atoms. The molecule has 0 saturated carbocycles. The average molecular weight is 481 g/mol. The van der Waals surface area contributed by atoms with Crippen molar-refractivity contribution in [3.63, 3.8) is 0 Å². The molecule has 174 valence electrons. The van der Waals surface area contributed by atoms with Crippen LogP contribution in [0.15, 0.2) is 23.1 Å². The second kappa shape index (κ2) is 13.1. The van der Waals surface area contributed by atoms with Crippen molar-refractivity contribution in [3.05, 3.63) is 28.7 Å². The Bertz CT molecular complexity index is 887. The van der Waals surface area contributed by atoms with Crippen LogP contribution in [0.4, 0.5) is 0 Å². The van der Waals surface area contributed by atoms with E-state index in [4.69, 9.17) is 26.8 Å². The number of hydrogen-bond donors (Lipinski definition) is 2. The number of carbonyl (C=O) groups is 3. The van der Waals surface area contributed by atoms with E-state index >= 15 is 0 Å². The van der Waals surface area contributed by atoms with Crippen molar-refractivity contribution in [2.24, 2.45) is 0 Å². The van der Waals surface area contributed by atoms with Gasteiger partial charge in [0.05, 0.1) is 18.6 Å². The highest BCUT2D eigenvalue weighted by Gasteiger charge is 2.32. The molecule has 1 heterocycles. The Morgan fingerprint density at radius 3 is 2.69 bits per heavy atom. The van der Waals surface area contributed by atoms with E-state index in [-0.39, 0.29) is 31.2 Å². The molecule has 1 aromatic carbocycles. The number of rotatable bonds is 13. The summed E-state index contributed by atoms with van der Waals surface area (Å²) in [6.07, 6.45) is 4.07. The summed E-state index contributed by atoms with van der Waals surface area (Å²) in [6.45, 7) is 3.10. The fourth-order valence-corrected chi connectivity index (χ4v) is 4.31. The summed E-state index contributed by atoms with van der Waals surface area (Å²) in [7, 11) is 1.56. The van der Waals surface area contributed by atoms with Gasteiger partial charge in [0.15, 0.2) is 11.5 Å². The van der Waals surface area contributed by atoms with Gasteiger partial charge in [-0.1, -0.05) is 36.5 Å². The van der Waals surface area contributed by atoms with Crippen molar-refractivity contribution in [1.29, 1.82) is 0 Å². The standard InChI is InChI=1S/C22H28N2O6S2/c1-3-30-16-9-8-15(13-17(16)29-2)14-18-21(28)24(22(31)32-18)12-10-19(25)23-11-6-4-5-7-20(26)27/h8-9,13-14H,3-7,10-12H2,1-2H3,(H,23,25)(H,26,27)/b18-14-. The highest BCUT2D eigenvalue weighted by molar-refractivity contribution is 8.26. The second-order valence-corrected chi connectivity index (χ2v) is 8.66. The molecule has 0 unspecified atom stereocenters. The van der Waals surface area contributed by atoms with E-state index in [0.29, 0.717) is 46.7 Å². The number of nitrogens with zero attached hydrogens (tertiary/aromatic N) is 1. The van der Waals surface area contributed by atoms with Gasteiger partial charge in [-0.05, 0) is 43.5 Å². The molecule has 2 N–H and O–H groups in total. The molecule has 8 nitrogen and oxygen atoms in total. The summed E-state index contributed by atoms with van der Waals surface area (Å²) in [6, 6.07) is 5.42. The molecular weight excluding hydrogens is 452 g/mol. The zero-order valence-corrected chi connectivity index (χ0v) is 19.9. The van der Waals surface area contributed by atoms with E-state index < -0.39 is 5.97 Å². The fraction of sp³-hybridized carbons (Fsp3) is 0.455. The second-order valence-electron chi connectivity index (χ2n) is 6.98. The van der Waals surface area contributed by atoms with Gasteiger partial charge < -0.3 is 19.9 Å². The average Bonchev–Trinajstić information content (AvgIpc) is 3.02. The van der Waals surface area contributed by atoms with Gasteiger partial charge >= 0.3 is 5.97 Å². The summed E-state index contributed by atoms with van der Waals surface area (Å²) in [5.41, 5.74) is 0.784. The number of benzene rings is 1. The van der Waals surface area contributed by atoms with E-state index in [2.05, 4.69) is 5.32 Å². The quantitative estimate of drug-likeness (QED) is 0.251. The number of hydrogen-bond acceptors (Lipinski definition) is 7. The van der Waals surface area contributed by atoms with Crippen molar-refractivity contribution in [1.82, 2.24) is 10.2 Å². The molecule has 1 aliphatic heterocycles. The largest absolute Gasteiger partial charge is 0.493 e. The molecule has 2 amide bonds. The maximum atomic E-state index is 12.8. The minimum Gasteiger partial charge on any atom is -0.493 e. The predicted octanol–water partition coefficient (Wildman–Crippen LogP) is 3.45. The Hall–Kier alpha value is -2.59. The van der Waals surface area contributed by atoms with Gasteiger partial charge in [0.25, 0.3) is 5.91 Å². The van der Waals surface area contributed by atoms with Crippen LogP contribution in [0, 0.1) is 0 Å². The molecule has 32 heavy (non-hydrogen) atoms. The maximum Gasteiger partial charge on any atom is 0.303 e. The number of carbonyl (C=O) groups excluding carboxylic acids is 2. The molecule has 0 aromatic heterocycles. The van der Waals surface area contributed by atoms with E-state index in [1.54, 1.807) is 25.3 Å². The molecule has 0 radical (unpaired) electrons. The Labute approximate surface area is 197 Å². The summed E-state index contributed by atoms with van der Waals surface area (Å²) < 4.78 is 11.3. The zero-order chi connectivity index (χ0) is 23.5. The number of methoxy groups -OCH3 is 1. The van der Waals surface area contributed by atoms with E-state index in [9.17, 15) is 14.4 Å². The first-order chi connectivity index (χ1) is 15.3. The van der Waals surface area contributed by atoms with Crippen LogP contribution in [0.5, 0.6) is 11.5 Å². The molecule has 1 aliphatic rings. The van der Waals surface area contributed by atoms with Crippen LogP contribution >= 0.6 is 24.0 Å². The zero-order valence-electron chi connectivity index (χ0n) is 18.2. The van der Waals surface area contributed by atoms with Gasteiger partial charge in [-0.15, -0.1) is 0 Å². The normalized spacial score (nSPS) is 14.7. The lowest BCUT2D eigenvalue weighted by Crippen LogP contribution is -2.33. The molecule has 1 aromatic rings. The number of thioether (sulfide) groups is 1. The Morgan fingerprint density at radius 1 is 1.22 bits per heavy atom. The monoisotopic (exact) mass is 480 g/mol. The SMILES string of the molecule is CCOc1ccc(/C=C2\SC(=S)N(CCC(=O)NCCCCCC(=O)O)C2=O)cc1OC. The van der Waals surface area contributed by atoms with Gasteiger partial charge in [-0.2, -0.15) is 0 Å². The topological polar surface area (TPSA) is 105 Å². The molecule has 0 aliphatic carbocycles. The minimum absolute atomic E-state index is 0.138. The summed E-state index contributed by atoms with van der Waals surface area (Å²) in [5, 5.41) is 11.4. The van der Waals surface area contributed by atoms with Crippen LogP contribution in [0.1, 0.15) is 44.6 Å². The van der Waals surface area contributed by atoms with E-state index in [1.165, 1.54) is 16.7 Å². The first-order valence-electron chi connectivity index (χ1n) is 10.4. The number of carboxylic acid groups (broad SMARTS) is 1. The molecule has 10 heteroatoms. The van der Waals surface area contributed by atoms with Crippen molar-refractivity contribution >= 4 is 52.2 Å². The predicted molar refractivity (Wildman–Crippen MR) is 128 cm³/mol. The van der Waals surface area contributed by atoms with Crippen LogP contribution in [0.2, 0.25) is 0 Å². The number of nitrogens with one attached hydrogen (secondary N) is 1. The Balaban J connectivity index is 1.86. The number of thiocarbonyl (C=S) groups is 1. The molecule has 0 atom stereocenters. The van der Waals surface area contributed by atoms with Gasteiger partial charge in [0, 0.05) is 25.9 Å². The van der Waals surface area contributed by atoms with Crippen molar-refractivity contribution in [3.8, 4) is 11.5 Å². The first kappa shape index (κ1) is 25.7. The first-order valence-corrected chi connectivity index (χ1v) is 11.6.